The fourth-order valence-electron chi connectivity index (χ4n) is 2.26. The minimum Gasteiger partial charge on any atom is -0.393 e. The molecule has 0 amide bonds. The van der Waals surface area contributed by atoms with Crippen LogP contribution < -0.4 is 0 Å². The van der Waals surface area contributed by atoms with Crippen molar-refractivity contribution in [3.05, 3.63) is 11.6 Å². The van der Waals surface area contributed by atoms with Gasteiger partial charge in [0.05, 0.1) is 6.10 Å². The summed E-state index contributed by atoms with van der Waals surface area (Å²) in [7, 11) is 0. The number of likely N-dealkylation sites (tertiary alicyclic amines) is 1. The lowest BCUT2D eigenvalue weighted by Crippen LogP contribution is -2.41. The Morgan fingerprint density at radius 1 is 1.47 bits per heavy atom. The summed E-state index contributed by atoms with van der Waals surface area (Å²) in [6, 6.07) is 0.592. The number of piperidine rings is 1. The van der Waals surface area contributed by atoms with Crippen LogP contribution in [0.25, 0.3) is 0 Å². The number of aliphatic hydroxyl groups excluding tert-OH is 1. The molecule has 2 heteroatoms. The van der Waals surface area contributed by atoms with Crippen LogP contribution in [0.2, 0.25) is 0 Å². The van der Waals surface area contributed by atoms with E-state index >= 15 is 0 Å². The van der Waals surface area contributed by atoms with Gasteiger partial charge < -0.3 is 5.11 Å². The summed E-state index contributed by atoms with van der Waals surface area (Å²) in [5.74, 6) is 0. The molecule has 1 N–H and O–H groups in total. The Morgan fingerprint density at radius 3 is 2.80 bits per heavy atom. The number of aliphatic hydroxyl groups is 1. The van der Waals surface area contributed by atoms with E-state index in [1.54, 1.807) is 0 Å². The van der Waals surface area contributed by atoms with Crippen LogP contribution in [-0.4, -0.2) is 35.2 Å². The van der Waals surface area contributed by atoms with Crippen LogP contribution in [0.15, 0.2) is 11.6 Å². The zero-order valence-corrected chi connectivity index (χ0v) is 10.4. The second-order valence-corrected chi connectivity index (χ2v) is 5.01. The summed E-state index contributed by atoms with van der Waals surface area (Å²) in [5.41, 5.74) is 1.39. The van der Waals surface area contributed by atoms with E-state index < -0.39 is 0 Å². The molecule has 1 aliphatic rings. The molecule has 0 aromatic carbocycles. The van der Waals surface area contributed by atoms with Gasteiger partial charge >= 0.3 is 0 Å². The molecule has 0 aromatic rings. The van der Waals surface area contributed by atoms with E-state index in [-0.39, 0.29) is 6.10 Å². The number of hydrogen-bond acceptors (Lipinski definition) is 2. The Balaban J connectivity index is 2.46. The number of nitrogens with zero attached hydrogens (tertiary/aromatic N) is 1. The molecule has 0 spiro atoms. The molecule has 2 nitrogen and oxygen atoms in total. The largest absolute Gasteiger partial charge is 0.393 e. The molecule has 0 aromatic heterocycles. The molecule has 15 heavy (non-hydrogen) atoms. The number of hydrogen-bond donors (Lipinski definition) is 1. The van der Waals surface area contributed by atoms with Gasteiger partial charge in [0.2, 0.25) is 0 Å². The summed E-state index contributed by atoms with van der Waals surface area (Å²) >= 11 is 0. The van der Waals surface area contributed by atoms with E-state index in [1.165, 1.54) is 31.4 Å². The molecule has 1 saturated heterocycles. The van der Waals surface area contributed by atoms with Gasteiger partial charge in [0, 0.05) is 12.6 Å². The molecular weight excluding hydrogens is 186 g/mol. The number of rotatable bonds is 4. The molecule has 0 saturated carbocycles. The van der Waals surface area contributed by atoms with E-state index in [2.05, 4.69) is 24.8 Å². The minimum absolute atomic E-state index is 0.165. The van der Waals surface area contributed by atoms with E-state index in [1.807, 2.05) is 6.92 Å². The lowest BCUT2D eigenvalue weighted by molar-refractivity contribution is 0.0951. The van der Waals surface area contributed by atoms with Crippen LogP contribution in [0.4, 0.5) is 0 Å². The fraction of sp³-hybridized carbons (Fsp3) is 0.846. The Bertz CT molecular complexity index is 207. The lowest BCUT2D eigenvalue weighted by Gasteiger charge is -2.35. The van der Waals surface area contributed by atoms with Gasteiger partial charge in [0.25, 0.3) is 0 Å². The maximum absolute atomic E-state index is 9.46. The van der Waals surface area contributed by atoms with Crippen molar-refractivity contribution in [1.29, 1.82) is 0 Å². The normalized spacial score (nSPS) is 24.9. The van der Waals surface area contributed by atoms with Crippen molar-refractivity contribution < 1.29 is 5.11 Å². The molecule has 2 unspecified atom stereocenters. The lowest BCUT2D eigenvalue weighted by atomic mass is 9.97. The first kappa shape index (κ1) is 12.7. The van der Waals surface area contributed by atoms with Gasteiger partial charge in [0.15, 0.2) is 0 Å². The molecule has 1 fully saturated rings. The summed E-state index contributed by atoms with van der Waals surface area (Å²) in [6.07, 6.45) is 6.94. The SMILES string of the molecule is CC(C)=CCN1CCCCC1CC(C)O. The second-order valence-electron chi connectivity index (χ2n) is 5.01. The smallest absolute Gasteiger partial charge is 0.0527 e. The molecule has 0 radical (unpaired) electrons. The molecule has 0 bridgehead atoms. The summed E-state index contributed by atoms with van der Waals surface area (Å²) in [5, 5.41) is 9.46. The van der Waals surface area contributed by atoms with E-state index in [0.29, 0.717) is 6.04 Å². The van der Waals surface area contributed by atoms with Crippen LogP contribution in [0, 0.1) is 0 Å². The second kappa shape index (κ2) is 6.29. The van der Waals surface area contributed by atoms with Gasteiger partial charge in [-0.05, 0) is 46.6 Å². The first-order valence-electron chi connectivity index (χ1n) is 6.15. The zero-order chi connectivity index (χ0) is 11.3. The molecule has 0 aliphatic carbocycles. The highest BCUT2D eigenvalue weighted by Gasteiger charge is 2.22. The predicted molar refractivity (Wildman–Crippen MR) is 64.9 cm³/mol. The third-order valence-corrected chi connectivity index (χ3v) is 3.10. The zero-order valence-electron chi connectivity index (χ0n) is 10.4. The van der Waals surface area contributed by atoms with Gasteiger partial charge in [-0.25, -0.2) is 0 Å². The van der Waals surface area contributed by atoms with Crippen LogP contribution in [-0.2, 0) is 0 Å². The van der Waals surface area contributed by atoms with Crippen molar-refractivity contribution in [2.45, 2.75) is 58.6 Å². The van der Waals surface area contributed by atoms with Gasteiger partial charge in [-0.15, -0.1) is 0 Å². The number of allylic oxidation sites excluding steroid dienone is 1. The van der Waals surface area contributed by atoms with E-state index in [4.69, 9.17) is 0 Å². The Morgan fingerprint density at radius 2 is 2.20 bits per heavy atom. The van der Waals surface area contributed by atoms with Crippen molar-refractivity contribution in [3.63, 3.8) is 0 Å². The average molecular weight is 211 g/mol. The minimum atomic E-state index is -0.165. The van der Waals surface area contributed by atoms with Crippen LogP contribution >= 0.6 is 0 Å². The standard InChI is InChI=1S/C13H25NO/c1-11(2)7-9-14-8-5-4-6-13(14)10-12(3)15/h7,12-13,15H,4-6,8-10H2,1-3H3. The molecular formula is C13H25NO. The highest BCUT2D eigenvalue weighted by atomic mass is 16.3. The van der Waals surface area contributed by atoms with Crippen molar-refractivity contribution in [2.75, 3.05) is 13.1 Å². The van der Waals surface area contributed by atoms with Crippen molar-refractivity contribution >= 4 is 0 Å². The van der Waals surface area contributed by atoms with Crippen LogP contribution in [0.1, 0.15) is 46.5 Å². The monoisotopic (exact) mass is 211 g/mol. The maximum Gasteiger partial charge on any atom is 0.0527 e. The van der Waals surface area contributed by atoms with Crippen molar-refractivity contribution in [3.8, 4) is 0 Å². The van der Waals surface area contributed by atoms with Crippen LogP contribution in [0.5, 0.6) is 0 Å². The highest BCUT2D eigenvalue weighted by Crippen LogP contribution is 2.20. The first-order chi connectivity index (χ1) is 7.09. The van der Waals surface area contributed by atoms with Gasteiger partial charge in [-0.2, -0.15) is 0 Å². The predicted octanol–water partition coefficient (Wildman–Crippen LogP) is 2.58. The summed E-state index contributed by atoms with van der Waals surface area (Å²) in [6.45, 7) is 8.44. The molecule has 1 aliphatic heterocycles. The third kappa shape index (κ3) is 4.80. The molecule has 2 atom stereocenters. The molecule has 88 valence electrons. The fourth-order valence-corrected chi connectivity index (χ4v) is 2.26. The van der Waals surface area contributed by atoms with Gasteiger partial charge in [-0.3, -0.25) is 4.90 Å². The van der Waals surface area contributed by atoms with Crippen LogP contribution in [0.3, 0.4) is 0 Å². The van der Waals surface area contributed by atoms with Gasteiger partial charge in [0.1, 0.15) is 0 Å². The highest BCUT2D eigenvalue weighted by molar-refractivity contribution is 4.96. The third-order valence-electron chi connectivity index (χ3n) is 3.10. The maximum atomic E-state index is 9.46. The molecule has 1 heterocycles. The Labute approximate surface area is 94.0 Å². The van der Waals surface area contributed by atoms with Gasteiger partial charge in [-0.1, -0.05) is 18.1 Å². The average Bonchev–Trinajstić information content (AvgIpc) is 2.15. The Hall–Kier alpha value is -0.340. The summed E-state index contributed by atoms with van der Waals surface area (Å²) in [4.78, 5) is 2.52. The first-order valence-corrected chi connectivity index (χ1v) is 6.15. The van der Waals surface area contributed by atoms with E-state index in [0.717, 1.165) is 13.0 Å². The topological polar surface area (TPSA) is 23.5 Å². The van der Waals surface area contributed by atoms with E-state index in [9.17, 15) is 5.11 Å². The van der Waals surface area contributed by atoms with Crippen molar-refractivity contribution in [1.82, 2.24) is 4.90 Å². The van der Waals surface area contributed by atoms with Crippen molar-refractivity contribution in [2.24, 2.45) is 0 Å². The summed E-state index contributed by atoms with van der Waals surface area (Å²) < 4.78 is 0. The molecule has 1 rings (SSSR count). The quantitative estimate of drug-likeness (QED) is 0.722. The Kier molecular flexibility index (Phi) is 5.34.